The molecule has 5 nitrogen and oxygen atoms in total. The quantitative estimate of drug-likeness (QED) is 0.743. The fourth-order valence-corrected chi connectivity index (χ4v) is 4.42. The first kappa shape index (κ1) is 16.6. The summed E-state index contributed by atoms with van der Waals surface area (Å²) in [6.07, 6.45) is 2.11. The highest BCUT2D eigenvalue weighted by Crippen LogP contribution is 2.24. The van der Waals surface area contributed by atoms with Crippen molar-refractivity contribution in [1.82, 2.24) is 4.72 Å². The highest BCUT2D eigenvalue weighted by Gasteiger charge is 2.20. The molecule has 0 spiro atoms. The van der Waals surface area contributed by atoms with Gasteiger partial charge in [-0.15, -0.1) is 0 Å². The standard InChI is InChI=1S/C11H17BrN2O3S2/c1-8(5-6-18(2)15)14-19(16,17)11-7-9(13)3-4-10(11)12/h3-4,7-8,14H,5-6,13H2,1-2H3. The number of hydrogen-bond acceptors (Lipinski definition) is 4. The second-order valence-electron chi connectivity index (χ2n) is 4.28. The van der Waals surface area contributed by atoms with Crippen LogP contribution in [0.15, 0.2) is 27.6 Å². The zero-order chi connectivity index (χ0) is 14.6. The summed E-state index contributed by atoms with van der Waals surface area (Å²) in [6.45, 7) is 1.74. The summed E-state index contributed by atoms with van der Waals surface area (Å²) >= 11 is 3.20. The number of rotatable bonds is 6. The lowest BCUT2D eigenvalue weighted by Gasteiger charge is -2.14. The summed E-state index contributed by atoms with van der Waals surface area (Å²) < 4.78 is 38.4. The molecule has 1 aromatic rings. The van der Waals surface area contributed by atoms with Gasteiger partial charge in [-0.25, -0.2) is 13.1 Å². The smallest absolute Gasteiger partial charge is 0.242 e. The van der Waals surface area contributed by atoms with E-state index in [9.17, 15) is 12.6 Å². The monoisotopic (exact) mass is 368 g/mol. The van der Waals surface area contributed by atoms with Crippen LogP contribution in [0, 0.1) is 0 Å². The number of anilines is 1. The minimum atomic E-state index is -3.64. The van der Waals surface area contributed by atoms with Crippen molar-refractivity contribution in [3.8, 4) is 0 Å². The van der Waals surface area contributed by atoms with Gasteiger partial charge < -0.3 is 5.73 Å². The third-order valence-electron chi connectivity index (χ3n) is 2.44. The summed E-state index contributed by atoms with van der Waals surface area (Å²) in [5.41, 5.74) is 5.98. The van der Waals surface area contributed by atoms with E-state index in [1.54, 1.807) is 25.3 Å². The van der Waals surface area contributed by atoms with Crippen LogP contribution in [0.4, 0.5) is 5.69 Å². The Morgan fingerprint density at radius 3 is 2.68 bits per heavy atom. The van der Waals surface area contributed by atoms with Gasteiger partial charge >= 0.3 is 0 Å². The van der Waals surface area contributed by atoms with Gasteiger partial charge in [0, 0.05) is 39.0 Å². The Balaban J connectivity index is 2.86. The van der Waals surface area contributed by atoms with E-state index in [1.807, 2.05) is 0 Å². The van der Waals surface area contributed by atoms with Gasteiger partial charge in [-0.3, -0.25) is 4.21 Å². The largest absolute Gasteiger partial charge is 0.399 e. The predicted molar refractivity (Wildman–Crippen MR) is 81.9 cm³/mol. The Morgan fingerprint density at radius 1 is 1.47 bits per heavy atom. The van der Waals surface area contributed by atoms with Gasteiger partial charge in [0.2, 0.25) is 10.0 Å². The van der Waals surface area contributed by atoms with Gasteiger partial charge in [-0.2, -0.15) is 0 Å². The first-order valence-electron chi connectivity index (χ1n) is 5.60. The fraction of sp³-hybridized carbons (Fsp3) is 0.455. The van der Waals surface area contributed by atoms with Crippen LogP contribution >= 0.6 is 15.9 Å². The highest BCUT2D eigenvalue weighted by atomic mass is 79.9. The predicted octanol–water partition coefficient (Wildman–Crippen LogP) is 1.47. The van der Waals surface area contributed by atoms with Crippen LogP contribution in [0.1, 0.15) is 13.3 Å². The summed E-state index contributed by atoms with van der Waals surface area (Å²) in [5.74, 6) is 0.460. The second-order valence-corrected chi connectivity index (χ2v) is 8.37. The third kappa shape index (κ3) is 5.21. The molecule has 0 radical (unpaired) electrons. The molecule has 19 heavy (non-hydrogen) atoms. The molecule has 0 aliphatic carbocycles. The van der Waals surface area contributed by atoms with E-state index in [2.05, 4.69) is 20.7 Å². The molecule has 0 saturated heterocycles. The van der Waals surface area contributed by atoms with Crippen LogP contribution in [0.5, 0.6) is 0 Å². The molecule has 8 heteroatoms. The maximum Gasteiger partial charge on any atom is 0.242 e. The maximum absolute atomic E-state index is 12.2. The van der Waals surface area contributed by atoms with Crippen LogP contribution in [0.3, 0.4) is 0 Å². The lowest BCUT2D eigenvalue weighted by molar-refractivity contribution is 0.555. The molecular weight excluding hydrogens is 352 g/mol. The zero-order valence-corrected chi connectivity index (χ0v) is 13.9. The van der Waals surface area contributed by atoms with Crippen LogP contribution in [0.25, 0.3) is 0 Å². The maximum atomic E-state index is 12.2. The van der Waals surface area contributed by atoms with Crippen molar-refractivity contribution in [1.29, 1.82) is 0 Å². The van der Waals surface area contributed by atoms with E-state index in [0.717, 1.165) is 0 Å². The molecule has 0 aliphatic heterocycles. The van der Waals surface area contributed by atoms with Crippen LogP contribution in [-0.2, 0) is 20.8 Å². The van der Waals surface area contributed by atoms with Crippen LogP contribution < -0.4 is 10.5 Å². The van der Waals surface area contributed by atoms with E-state index in [1.165, 1.54) is 6.07 Å². The van der Waals surface area contributed by atoms with E-state index in [0.29, 0.717) is 22.3 Å². The molecule has 3 N–H and O–H groups in total. The van der Waals surface area contributed by atoms with E-state index >= 15 is 0 Å². The second kappa shape index (κ2) is 6.83. The van der Waals surface area contributed by atoms with Gasteiger partial charge in [0.25, 0.3) is 0 Å². The minimum absolute atomic E-state index is 0.108. The van der Waals surface area contributed by atoms with Crippen molar-refractivity contribution in [2.45, 2.75) is 24.3 Å². The topological polar surface area (TPSA) is 89.3 Å². The molecule has 0 fully saturated rings. The lowest BCUT2D eigenvalue weighted by Crippen LogP contribution is -2.33. The number of nitrogens with two attached hydrogens (primary N) is 1. The summed E-state index contributed by atoms with van der Waals surface area (Å²) in [7, 11) is -4.57. The summed E-state index contributed by atoms with van der Waals surface area (Å²) in [4.78, 5) is 0.108. The Morgan fingerprint density at radius 2 is 2.11 bits per heavy atom. The van der Waals surface area contributed by atoms with Gasteiger partial charge in [-0.1, -0.05) is 0 Å². The third-order valence-corrected chi connectivity index (χ3v) is 5.83. The van der Waals surface area contributed by atoms with Crippen molar-refractivity contribution in [2.75, 3.05) is 17.7 Å². The molecule has 1 aromatic carbocycles. The number of nitrogens with one attached hydrogen (secondary N) is 1. The number of halogens is 1. The van der Waals surface area contributed by atoms with Gasteiger partial charge in [0.05, 0.1) is 4.90 Å². The zero-order valence-electron chi connectivity index (χ0n) is 10.7. The molecule has 0 aliphatic rings. The molecule has 0 heterocycles. The van der Waals surface area contributed by atoms with Crippen molar-refractivity contribution in [3.63, 3.8) is 0 Å². The Labute approximate surface area is 124 Å². The molecular formula is C11H17BrN2O3S2. The first-order valence-corrected chi connectivity index (χ1v) is 9.60. The van der Waals surface area contributed by atoms with Crippen LogP contribution in [-0.4, -0.2) is 30.7 Å². The van der Waals surface area contributed by atoms with Crippen molar-refractivity contribution >= 4 is 42.4 Å². The molecule has 0 aromatic heterocycles. The average Bonchev–Trinajstić information content (AvgIpc) is 2.29. The highest BCUT2D eigenvalue weighted by molar-refractivity contribution is 9.10. The van der Waals surface area contributed by atoms with Gasteiger partial charge in [-0.05, 0) is 47.5 Å². The molecule has 2 unspecified atom stereocenters. The molecule has 0 bridgehead atoms. The van der Waals surface area contributed by atoms with Crippen molar-refractivity contribution in [3.05, 3.63) is 22.7 Å². The molecule has 108 valence electrons. The van der Waals surface area contributed by atoms with Crippen LogP contribution in [0.2, 0.25) is 0 Å². The Bertz CT molecular complexity index is 575. The normalized spacial score (nSPS) is 15.1. The van der Waals surface area contributed by atoms with Crippen molar-refractivity contribution in [2.24, 2.45) is 0 Å². The molecule has 2 atom stereocenters. The molecule has 0 saturated carbocycles. The summed E-state index contributed by atoms with van der Waals surface area (Å²) in [6, 6.07) is 4.32. The van der Waals surface area contributed by atoms with Gasteiger partial charge in [0.15, 0.2) is 0 Å². The number of hydrogen-bond donors (Lipinski definition) is 2. The average molecular weight is 369 g/mol. The Hall–Kier alpha value is -0.440. The minimum Gasteiger partial charge on any atom is -0.399 e. The summed E-state index contributed by atoms with van der Waals surface area (Å²) in [5, 5.41) is 0. The van der Waals surface area contributed by atoms with Crippen molar-refractivity contribution < 1.29 is 12.6 Å². The van der Waals surface area contributed by atoms with Gasteiger partial charge in [0.1, 0.15) is 0 Å². The molecule has 1 rings (SSSR count). The number of benzene rings is 1. The number of sulfonamides is 1. The Kier molecular flexibility index (Phi) is 5.97. The first-order chi connectivity index (χ1) is 8.72. The van der Waals surface area contributed by atoms with E-state index in [4.69, 9.17) is 5.73 Å². The number of nitrogen functional groups attached to an aromatic ring is 1. The molecule has 0 amide bonds. The van der Waals surface area contributed by atoms with E-state index in [-0.39, 0.29) is 10.9 Å². The SMILES string of the molecule is CC(CCS(C)=O)NS(=O)(=O)c1cc(N)ccc1Br. The fourth-order valence-electron chi connectivity index (χ4n) is 1.46. The van der Waals surface area contributed by atoms with E-state index < -0.39 is 20.8 Å². The lowest BCUT2D eigenvalue weighted by atomic mass is 10.3.